The molecule has 0 heterocycles. The topological polar surface area (TPSA) is 105 Å². The van der Waals surface area contributed by atoms with Crippen molar-refractivity contribution in [2.45, 2.75) is 39.5 Å². The summed E-state index contributed by atoms with van der Waals surface area (Å²) in [6, 6.07) is 5.34. The summed E-state index contributed by atoms with van der Waals surface area (Å²) >= 11 is 0. The number of aliphatic hydroxyl groups is 1. The average Bonchev–Trinajstić information content (AvgIpc) is 2.62. The molecule has 0 bridgehead atoms. The Hall–Kier alpha value is -2.83. The van der Waals surface area contributed by atoms with E-state index in [-0.39, 0.29) is 23.5 Å². The molecule has 2 rings (SSSR count). The number of allylic oxidation sites excluding steroid dienone is 2. The minimum atomic E-state index is -1.08. The summed E-state index contributed by atoms with van der Waals surface area (Å²) in [4.78, 5) is 27.1. The largest absolute Gasteiger partial charge is 0.511 e. The van der Waals surface area contributed by atoms with Crippen molar-refractivity contribution in [2.24, 2.45) is 4.99 Å². The molecule has 1 aliphatic rings. The number of aliphatic hydroxyl groups excluding tert-OH is 1. The monoisotopic (exact) mass is 375 g/mol. The van der Waals surface area contributed by atoms with E-state index in [0.29, 0.717) is 49.7 Å². The van der Waals surface area contributed by atoms with Gasteiger partial charge in [-0.3, -0.25) is 14.6 Å². The number of aliphatic carboxylic acids is 1. The summed E-state index contributed by atoms with van der Waals surface area (Å²) in [5, 5.41) is 19.4. The Morgan fingerprint density at radius 1 is 1.11 bits per heavy atom. The van der Waals surface area contributed by atoms with Crippen LogP contribution in [0.4, 0.5) is 0 Å². The third kappa shape index (κ3) is 5.57. The van der Waals surface area contributed by atoms with E-state index in [9.17, 15) is 14.7 Å². The number of benzene rings is 1. The highest BCUT2D eigenvalue weighted by molar-refractivity contribution is 6.24. The first-order chi connectivity index (χ1) is 13.0. The number of rotatable bonds is 8. The first-order valence-corrected chi connectivity index (χ1v) is 9.05. The fourth-order valence-corrected chi connectivity index (χ4v) is 2.96. The lowest BCUT2D eigenvalue weighted by Gasteiger charge is -2.18. The van der Waals surface area contributed by atoms with Gasteiger partial charge in [0.1, 0.15) is 12.3 Å². The standard InChI is InChI=1S/C20H25NO6/c1-3-26-17-9-8-13(11-18(17)27-4-2)10-16(23)20-14(21-12-19(24)25)6-5-7-15(20)22/h8-9,11,23H,3-7,10,12H2,1-2H3,(H,24,25). The fraction of sp³-hybridized carbons (Fsp3) is 0.450. The summed E-state index contributed by atoms with van der Waals surface area (Å²) in [5.41, 5.74) is 1.26. The Bertz CT molecular complexity index is 766. The number of aliphatic imine (C=N–C) groups is 1. The number of carbonyl (C=O) groups is 2. The molecule has 146 valence electrons. The minimum Gasteiger partial charge on any atom is -0.511 e. The molecule has 1 fully saturated rings. The zero-order chi connectivity index (χ0) is 19.8. The molecule has 0 aliphatic heterocycles. The van der Waals surface area contributed by atoms with Crippen LogP contribution in [0.1, 0.15) is 38.7 Å². The molecule has 0 unspecified atom stereocenters. The van der Waals surface area contributed by atoms with Gasteiger partial charge in [0.15, 0.2) is 17.3 Å². The lowest BCUT2D eigenvalue weighted by atomic mass is 9.89. The van der Waals surface area contributed by atoms with Crippen LogP contribution in [-0.4, -0.2) is 47.4 Å². The number of carboxylic acids is 1. The number of ether oxygens (including phenoxy) is 2. The van der Waals surface area contributed by atoms with Crippen LogP contribution in [0.3, 0.4) is 0 Å². The quantitative estimate of drug-likeness (QED) is 0.534. The zero-order valence-corrected chi connectivity index (χ0v) is 15.7. The second kappa shape index (κ2) is 9.75. The lowest BCUT2D eigenvalue weighted by molar-refractivity contribution is -0.135. The van der Waals surface area contributed by atoms with Crippen molar-refractivity contribution < 1.29 is 29.3 Å². The van der Waals surface area contributed by atoms with Crippen LogP contribution in [0.5, 0.6) is 11.5 Å². The van der Waals surface area contributed by atoms with Crippen LogP contribution in [0.2, 0.25) is 0 Å². The molecular weight excluding hydrogens is 350 g/mol. The van der Waals surface area contributed by atoms with Crippen molar-refractivity contribution >= 4 is 17.5 Å². The molecule has 7 nitrogen and oxygen atoms in total. The molecule has 0 spiro atoms. The fourth-order valence-electron chi connectivity index (χ4n) is 2.96. The van der Waals surface area contributed by atoms with Crippen molar-refractivity contribution in [3.63, 3.8) is 0 Å². The van der Waals surface area contributed by atoms with Crippen LogP contribution >= 0.6 is 0 Å². The highest BCUT2D eigenvalue weighted by Gasteiger charge is 2.25. The minimum absolute atomic E-state index is 0.101. The van der Waals surface area contributed by atoms with Gasteiger partial charge in [-0.1, -0.05) is 6.07 Å². The molecule has 0 radical (unpaired) electrons. The maximum atomic E-state index is 12.3. The van der Waals surface area contributed by atoms with Crippen LogP contribution in [0, 0.1) is 0 Å². The number of hydrogen-bond acceptors (Lipinski definition) is 6. The molecule has 0 atom stereocenters. The molecule has 1 saturated carbocycles. The molecule has 7 heteroatoms. The molecule has 1 aromatic rings. The summed E-state index contributed by atoms with van der Waals surface area (Å²) < 4.78 is 11.1. The van der Waals surface area contributed by atoms with Gasteiger partial charge in [-0.05, 0) is 44.4 Å². The summed E-state index contributed by atoms with van der Waals surface area (Å²) in [6.45, 7) is 4.31. The Morgan fingerprint density at radius 3 is 2.48 bits per heavy atom. The number of hydrogen-bond donors (Lipinski definition) is 2. The van der Waals surface area contributed by atoms with Crippen molar-refractivity contribution in [1.29, 1.82) is 0 Å². The maximum absolute atomic E-state index is 12.3. The lowest BCUT2D eigenvalue weighted by Crippen LogP contribution is -2.23. The molecule has 1 aromatic carbocycles. The van der Waals surface area contributed by atoms with Crippen molar-refractivity contribution in [1.82, 2.24) is 0 Å². The first kappa shape index (κ1) is 20.5. The van der Waals surface area contributed by atoms with Gasteiger partial charge in [-0.25, -0.2) is 0 Å². The SMILES string of the molecule is CCOc1ccc(CC(O)=C2C(=O)CCCC2=NCC(=O)O)cc1OCC. The van der Waals surface area contributed by atoms with Gasteiger partial charge < -0.3 is 19.7 Å². The molecule has 0 amide bonds. The summed E-state index contributed by atoms with van der Waals surface area (Å²) in [6.07, 6.45) is 1.52. The summed E-state index contributed by atoms with van der Waals surface area (Å²) in [7, 11) is 0. The maximum Gasteiger partial charge on any atom is 0.325 e. The van der Waals surface area contributed by atoms with Gasteiger partial charge in [-0.2, -0.15) is 0 Å². The van der Waals surface area contributed by atoms with Crippen LogP contribution in [0.15, 0.2) is 34.5 Å². The first-order valence-electron chi connectivity index (χ1n) is 9.05. The third-order valence-corrected chi connectivity index (χ3v) is 4.06. The predicted molar refractivity (Wildman–Crippen MR) is 101 cm³/mol. The zero-order valence-electron chi connectivity index (χ0n) is 15.7. The van der Waals surface area contributed by atoms with Crippen molar-refractivity contribution in [3.8, 4) is 11.5 Å². The number of ketones is 1. The van der Waals surface area contributed by atoms with Crippen LogP contribution in [0.25, 0.3) is 0 Å². The number of nitrogens with zero attached hydrogens (tertiary/aromatic N) is 1. The Balaban J connectivity index is 2.32. The van der Waals surface area contributed by atoms with Gasteiger partial charge in [0.05, 0.1) is 18.8 Å². The molecule has 2 N–H and O–H groups in total. The van der Waals surface area contributed by atoms with Crippen molar-refractivity contribution in [2.75, 3.05) is 19.8 Å². The van der Waals surface area contributed by atoms with E-state index in [0.717, 1.165) is 5.56 Å². The van der Waals surface area contributed by atoms with Crippen LogP contribution < -0.4 is 9.47 Å². The number of carbonyl (C=O) groups excluding carboxylic acids is 1. The van der Waals surface area contributed by atoms with Gasteiger partial charge >= 0.3 is 5.97 Å². The van der Waals surface area contributed by atoms with E-state index < -0.39 is 12.5 Å². The van der Waals surface area contributed by atoms with Gasteiger partial charge in [-0.15, -0.1) is 0 Å². The second-order valence-electron chi connectivity index (χ2n) is 6.08. The van der Waals surface area contributed by atoms with E-state index in [1.807, 2.05) is 13.8 Å². The number of carboxylic acid groups (broad SMARTS) is 1. The molecule has 0 saturated heterocycles. The molecule has 0 aromatic heterocycles. The van der Waals surface area contributed by atoms with E-state index in [4.69, 9.17) is 14.6 Å². The average molecular weight is 375 g/mol. The predicted octanol–water partition coefficient (Wildman–Crippen LogP) is 3.12. The van der Waals surface area contributed by atoms with E-state index in [1.165, 1.54) is 0 Å². The van der Waals surface area contributed by atoms with Crippen molar-refractivity contribution in [3.05, 3.63) is 35.1 Å². The third-order valence-electron chi connectivity index (χ3n) is 4.06. The molecule has 27 heavy (non-hydrogen) atoms. The number of Topliss-reactive ketones (excluding diaryl/α,β-unsaturated/α-hetero) is 1. The van der Waals surface area contributed by atoms with Gasteiger partial charge in [0.2, 0.25) is 0 Å². The van der Waals surface area contributed by atoms with E-state index in [1.54, 1.807) is 18.2 Å². The molecular formula is C20H25NO6. The summed E-state index contributed by atoms with van der Waals surface area (Å²) in [5.74, 6) is -0.196. The van der Waals surface area contributed by atoms with Crippen LogP contribution in [-0.2, 0) is 16.0 Å². The normalized spacial score (nSPS) is 17.7. The smallest absolute Gasteiger partial charge is 0.325 e. The molecule has 1 aliphatic carbocycles. The van der Waals surface area contributed by atoms with E-state index >= 15 is 0 Å². The van der Waals surface area contributed by atoms with E-state index in [2.05, 4.69) is 4.99 Å². The van der Waals surface area contributed by atoms with Gasteiger partial charge in [0.25, 0.3) is 0 Å². The Morgan fingerprint density at radius 2 is 1.81 bits per heavy atom. The second-order valence-corrected chi connectivity index (χ2v) is 6.08. The highest BCUT2D eigenvalue weighted by Crippen LogP contribution is 2.30. The Kier molecular flexibility index (Phi) is 7.40. The van der Waals surface area contributed by atoms with Gasteiger partial charge in [0, 0.05) is 18.6 Å². The highest BCUT2D eigenvalue weighted by atomic mass is 16.5. The Labute approximate surface area is 158 Å².